The van der Waals surface area contributed by atoms with Gasteiger partial charge in [-0.1, -0.05) is 55.8 Å². The smallest absolute Gasteiger partial charge is 0.224 e. The number of carbonyl (C=O) groups is 1. The summed E-state index contributed by atoms with van der Waals surface area (Å²) in [4.78, 5) is 12.1. The van der Waals surface area contributed by atoms with Crippen LogP contribution in [0, 0.1) is 13.8 Å². The van der Waals surface area contributed by atoms with Gasteiger partial charge in [-0.2, -0.15) is 0 Å². The summed E-state index contributed by atoms with van der Waals surface area (Å²) >= 11 is 0. The molecule has 2 rings (SSSR count). The zero-order valence-electron chi connectivity index (χ0n) is 14.3. The van der Waals surface area contributed by atoms with E-state index >= 15 is 0 Å². The van der Waals surface area contributed by atoms with Gasteiger partial charge in [-0.05, 0) is 49.1 Å². The van der Waals surface area contributed by atoms with Crippen LogP contribution in [0.3, 0.4) is 0 Å². The zero-order chi connectivity index (χ0) is 16.8. The summed E-state index contributed by atoms with van der Waals surface area (Å²) in [6.45, 7) is 10.5. The molecular formula is C21H25NO. The van der Waals surface area contributed by atoms with Crippen LogP contribution in [-0.4, -0.2) is 5.91 Å². The quantitative estimate of drug-likeness (QED) is 0.750. The number of amides is 1. The van der Waals surface area contributed by atoms with Crippen LogP contribution in [0.5, 0.6) is 0 Å². The third kappa shape index (κ3) is 4.32. The van der Waals surface area contributed by atoms with Gasteiger partial charge in [0, 0.05) is 17.7 Å². The number of anilines is 1. The van der Waals surface area contributed by atoms with E-state index in [-0.39, 0.29) is 5.91 Å². The Morgan fingerprint density at radius 3 is 2.52 bits per heavy atom. The Hall–Kier alpha value is -2.35. The van der Waals surface area contributed by atoms with Crippen LogP contribution >= 0.6 is 0 Å². The normalized spacial score (nSPS) is 10.4. The second-order valence-corrected chi connectivity index (χ2v) is 5.99. The summed E-state index contributed by atoms with van der Waals surface area (Å²) in [6.07, 6.45) is 2.48. The Bertz CT molecular complexity index is 716. The van der Waals surface area contributed by atoms with Crippen molar-refractivity contribution in [3.05, 3.63) is 71.3 Å². The summed E-state index contributed by atoms with van der Waals surface area (Å²) in [6, 6.07) is 14.3. The zero-order valence-corrected chi connectivity index (χ0v) is 14.3. The maximum Gasteiger partial charge on any atom is 0.224 e. The highest BCUT2D eigenvalue weighted by atomic mass is 16.1. The molecule has 0 heterocycles. The van der Waals surface area contributed by atoms with E-state index in [0.29, 0.717) is 6.42 Å². The van der Waals surface area contributed by atoms with E-state index in [1.54, 1.807) is 0 Å². The van der Waals surface area contributed by atoms with Crippen LogP contribution in [0.25, 0.3) is 5.57 Å². The summed E-state index contributed by atoms with van der Waals surface area (Å²) in [5.74, 6) is 0.0644. The molecule has 1 amide bonds. The number of carbonyl (C=O) groups excluding carboxylic acids is 1. The molecule has 23 heavy (non-hydrogen) atoms. The van der Waals surface area contributed by atoms with Crippen molar-refractivity contribution in [2.45, 2.75) is 40.0 Å². The summed E-state index contributed by atoms with van der Waals surface area (Å²) in [7, 11) is 0. The van der Waals surface area contributed by atoms with E-state index in [2.05, 4.69) is 50.9 Å². The standard InChI is InChI=1S/C21H25NO/c1-5-6-11-21(23)22-20-13-12-15(2)14-19(20)17(4)18-10-8-7-9-16(18)3/h7-10,12-14H,4-6,11H2,1-3H3,(H,22,23). The molecule has 0 aliphatic carbocycles. The predicted molar refractivity (Wildman–Crippen MR) is 98.6 cm³/mol. The summed E-state index contributed by atoms with van der Waals surface area (Å²) in [5, 5.41) is 3.04. The Balaban J connectivity index is 2.34. The van der Waals surface area contributed by atoms with Crippen molar-refractivity contribution < 1.29 is 4.79 Å². The molecule has 2 aromatic rings. The van der Waals surface area contributed by atoms with Gasteiger partial charge in [0.05, 0.1) is 0 Å². The Morgan fingerprint density at radius 1 is 1.09 bits per heavy atom. The van der Waals surface area contributed by atoms with Crippen molar-refractivity contribution in [2.24, 2.45) is 0 Å². The van der Waals surface area contributed by atoms with Crippen molar-refractivity contribution >= 4 is 17.2 Å². The lowest BCUT2D eigenvalue weighted by molar-refractivity contribution is -0.116. The molecule has 0 unspecified atom stereocenters. The largest absolute Gasteiger partial charge is 0.326 e. The van der Waals surface area contributed by atoms with Crippen LogP contribution < -0.4 is 5.32 Å². The van der Waals surface area contributed by atoms with Gasteiger partial charge in [0.25, 0.3) is 0 Å². The Labute approximate surface area is 139 Å². The summed E-state index contributed by atoms with van der Waals surface area (Å²) < 4.78 is 0. The van der Waals surface area contributed by atoms with Crippen LogP contribution in [0.4, 0.5) is 5.69 Å². The van der Waals surface area contributed by atoms with Gasteiger partial charge in [0.1, 0.15) is 0 Å². The molecule has 2 heteroatoms. The molecule has 0 radical (unpaired) electrons. The highest BCUT2D eigenvalue weighted by molar-refractivity contribution is 5.96. The monoisotopic (exact) mass is 307 g/mol. The maximum atomic E-state index is 12.1. The fourth-order valence-electron chi connectivity index (χ4n) is 2.62. The SMILES string of the molecule is C=C(c1ccccc1C)c1cc(C)ccc1NC(=O)CCCC. The fourth-order valence-corrected chi connectivity index (χ4v) is 2.62. The number of unbranched alkanes of at least 4 members (excludes halogenated alkanes) is 1. The van der Waals surface area contributed by atoms with Crippen molar-refractivity contribution in [3.8, 4) is 0 Å². The third-order valence-corrected chi connectivity index (χ3v) is 4.00. The molecule has 0 saturated heterocycles. The maximum absolute atomic E-state index is 12.1. The lowest BCUT2D eigenvalue weighted by atomic mass is 9.93. The van der Waals surface area contributed by atoms with Gasteiger partial charge in [-0.25, -0.2) is 0 Å². The first-order chi connectivity index (χ1) is 11.0. The first-order valence-corrected chi connectivity index (χ1v) is 8.18. The average molecular weight is 307 g/mol. The van der Waals surface area contributed by atoms with E-state index in [9.17, 15) is 4.79 Å². The van der Waals surface area contributed by atoms with Crippen LogP contribution in [0.1, 0.15) is 48.4 Å². The molecule has 0 atom stereocenters. The lowest BCUT2D eigenvalue weighted by Crippen LogP contribution is -2.12. The Kier molecular flexibility index (Phi) is 5.75. The molecular weight excluding hydrogens is 282 g/mol. The molecule has 0 fully saturated rings. The second-order valence-electron chi connectivity index (χ2n) is 5.99. The average Bonchev–Trinajstić information content (AvgIpc) is 2.54. The molecule has 1 N–H and O–H groups in total. The minimum atomic E-state index is 0.0644. The third-order valence-electron chi connectivity index (χ3n) is 4.00. The van der Waals surface area contributed by atoms with Gasteiger partial charge >= 0.3 is 0 Å². The highest BCUT2D eigenvalue weighted by Crippen LogP contribution is 2.31. The van der Waals surface area contributed by atoms with Crippen molar-refractivity contribution in [2.75, 3.05) is 5.32 Å². The molecule has 0 aliphatic rings. The topological polar surface area (TPSA) is 29.1 Å². The van der Waals surface area contributed by atoms with E-state index in [1.807, 2.05) is 24.3 Å². The van der Waals surface area contributed by atoms with Crippen LogP contribution in [-0.2, 0) is 4.79 Å². The number of hydrogen-bond acceptors (Lipinski definition) is 1. The second kappa shape index (κ2) is 7.77. The number of benzene rings is 2. The van der Waals surface area contributed by atoms with E-state index in [4.69, 9.17) is 0 Å². The molecule has 2 aromatic carbocycles. The van der Waals surface area contributed by atoms with Crippen molar-refractivity contribution in [3.63, 3.8) is 0 Å². The molecule has 0 saturated carbocycles. The number of hydrogen-bond donors (Lipinski definition) is 1. The molecule has 0 aliphatic heterocycles. The van der Waals surface area contributed by atoms with Gasteiger partial charge in [-0.3, -0.25) is 4.79 Å². The van der Waals surface area contributed by atoms with Gasteiger partial charge in [-0.15, -0.1) is 0 Å². The van der Waals surface area contributed by atoms with Gasteiger partial charge in [0.15, 0.2) is 0 Å². The summed E-state index contributed by atoms with van der Waals surface area (Å²) in [5.41, 5.74) is 6.22. The number of aryl methyl sites for hydroxylation is 2. The van der Waals surface area contributed by atoms with Crippen molar-refractivity contribution in [1.82, 2.24) is 0 Å². The first-order valence-electron chi connectivity index (χ1n) is 8.18. The van der Waals surface area contributed by atoms with Gasteiger partial charge < -0.3 is 5.32 Å². The molecule has 0 bridgehead atoms. The van der Waals surface area contributed by atoms with Crippen LogP contribution in [0.15, 0.2) is 49.0 Å². The van der Waals surface area contributed by atoms with E-state index < -0.39 is 0 Å². The molecule has 0 spiro atoms. The minimum absolute atomic E-state index is 0.0644. The van der Waals surface area contributed by atoms with E-state index in [0.717, 1.165) is 40.8 Å². The van der Waals surface area contributed by atoms with Crippen molar-refractivity contribution in [1.29, 1.82) is 0 Å². The van der Waals surface area contributed by atoms with E-state index in [1.165, 1.54) is 5.56 Å². The predicted octanol–water partition coefficient (Wildman–Crippen LogP) is 5.49. The Morgan fingerprint density at radius 2 is 1.83 bits per heavy atom. The minimum Gasteiger partial charge on any atom is -0.326 e. The van der Waals surface area contributed by atoms with Crippen LogP contribution in [0.2, 0.25) is 0 Å². The van der Waals surface area contributed by atoms with Gasteiger partial charge in [0.2, 0.25) is 5.91 Å². The number of nitrogens with one attached hydrogen (secondary N) is 1. The fraction of sp³-hybridized carbons (Fsp3) is 0.286. The molecule has 0 aromatic heterocycles. The highest BCUT2D eigenvalue weighted by Gasteiger charge is 2.12. The number of rotatable bonds is 6. The first kappa shape index (κ1) is 17.0. The lowest BCUT2D eigenvalue weighted by Gasteiger charge is -2.16. The molecule has 120 valence electrons. The molecule has 2 nitrogen and oxygen atoms in total.